The number of para-hydroxylation sites is 1. The van der Waals surface area contributed by atoms with E-state index < -0.39 is 0 Å². The summed E-state index contributed by atoms with van der Waals surface area (Å²) in [5.41, 5.74) is 1.75. The Labute approximate surface area is 182 Å². The van der Waals surface area contributed by atoms with Crippen LogP contribution in [-0.2, 0) is 13.0 Å². The first-order valence-electron chi connectivity index (χ1n) is 8.86. The zero-order valence-corrected chi connectivity index (χ0v) is 18.6. The highest BCUT2D eigenvalue weighted by Gasteiger charge is 2.11. The molecule has 0 amide bonds. The van der Waals surface area contributed by atoms with Gasteiger partial charge in [-0.15, -0.1) is 24.0 Å². The van der Waals surface area contributed by atoms with Crippen LogP contribution < -0.4 is 10.1 Å². The fourth-order valence-corrected chi connectivity index (χ4v) is 3.00. The Kier molecular flexibility index (Phi) is 7.98. The number of fused-ring (bicyclic) bond motifs is 1. The van der Waals surface area contributed by atoms with Crippen LogP contribution in [0, 0.1) is 0 Å². The van der Waals surface area contributed by atoms with Crippen molar-refractivity contribution in [3.05, 3.63) is 59.9 Å². The van der Waals surface area contributed by atoms with E-state index in [9.17, 15) is 5.11 Å². The number of phenolic OH excluding ortho intramolecular Hbond substituents is 1. The predicted octanol–water partition coefficient (Wildman–Crippen LogP) is 4.01. The van der Waals surface area contributed by atoms with Gasteiger partial charge in [0.2, 0.25) is 0 Å². The molecule has 28 heavy (non-hydrogen) atoms. The van der Waals surface area contributed by atoms with Gasteiger partial charge in [0.15, 0.2) is 5.96 Å². The predicted molar refractivity (Wildman–Crippen MR) is 123 cm³/mol. The number of nitrogens with one attached hydrogen (secondary N) is 1. The molecule has 3 rings (SSSR count). The van der Waals surface area contributed by atoms with Crippen LogP contribution in [-0.4, -0.2) is 43.7 Å². The molecule has 0 fully saturated rings. The molecule has 3 aromatic rings. The molecule has 0 radical (unpaired) electrons. The average molecular weight is 495 g/mol. The maximum absolute atomic E-state index is 10.1. The summed E-state index contributed by atoms with van der Waals surface area (Å²) in [6.45, 7) is 1.26. The average Bonchev–Trinajstić information content (AvgIpc) is 3.08. The van der Waals surface area contributed by atoms with Crippen molar-refractivity contribution in [2.45, 2.75) is 13.0 Å². The number of hydrogen-bond acceptors (Lipinski definition) is 4. The van der Waals surface area contributed by atoms with Gasteiger partial charge in [0.05, 0.1) is 13.7 Å². The fourth-order valence-electron chi connectivity index (χ4n) is 3.00. The van der Waals surface area contributed by atoms with E-state index in [1.165, 1.54) is 0 Å². The van der Waals surface area contributed by atoms with Crippen molar-refractivity contribution in [1.29, 1.82) is 0 Å². The van der Waals surface area contributed by atoms with Crippen LogP contribution >= 0.6 is 24.0 Å². The van der Waals surface area contributed by atoms with Gasteiger partial charge in [0.1, 0.15) is 22.8 Å². The molecular weight excluding hydrogens is 469 g/mol. The second-order valence-corrected chi connectivity index (χ2v) is 6.33. The SMILES string of the molecule is CN=C(NCCc1ccc(OC)cc1O)N(C)Cc1cc2ccccc2o1.I. The van der Waals surface area contributed by atoms with Crippen molar-refractivity contribution in [3.8, 4) is 11.5 Å². The van der Waals surface area contributed by atoms with Crippen molar-refractivity contribution in [2.24, 2.45) is 4.99 Å². The van der Waals surface area contributed by atoms with Crippen molar-refractivity contribution in [1.82, 2.24) is 10.2 Å². The first-order chi connectivity index (χ1) is 13.1. The van der Waals surface area contributed by atoms with Crippen LogP contribution in [0.1, 0.15) is 11.3 Å². The highest BCUT2D eigenvalue weighted by molar-refractivity contribution is 14.0. The lowest BCUT2D eigenvalue weighted by atomic mass is 10.1. The molecule has 0 atom stereocenters. The van der Waals surface area contributed by atoms with Crippen LogP contribution in [0.5, 0.6) is 11.5 Å². The fraction of sp³-hybridized carbons (Fsp3) is 0.286. The van der Waals surface area contributed by atoms with Crippen LogP contribution in [0.3, 0.4) is 0 Å². The Balaban J connectivity index is 0.00000280. The van der Waals surface area contributed by atoms with Crippen LogP contribution in [0.2, 0.25) is 0 Å². The molecule has 7 heteroatoms. The monoisotopic (exact) mass is 495 g/mol. The quantitative estimate of drug-likeness (QED) is 0.307. The van der Waals surface area contributed by atoms with Crippen molar-refractivity contribution in [3.63, 3.8) is 0 Å². The summed E-state index contributed by atoms with van der Waals surface area (Å²) >= 11 is 0. The zero-order chi connectivity index (χ0) is 19.2. The molecular formula is C21H26IN3O3. The molecule has 0 bridgehead atoms. The molecule has 0 saturated carbocycles. The van der Waals surface area contributed by atoms with Gasteiger partial charge in [0, 0.05) is 32.1 Å². The number of furan rings is 1. The molecule has 2 aromatic carbocycles. The molecule has 150 valence electrons. The Morgan fingerprint density at radius 1 is 1.21 bits per heavy atom. The largest absolute Gasteiger partial charge is 0.508 e. The minimum Gasteiger partial charge on any atom is -0.508 e. The minimum atomic E-state index is 0. The standard InChI is InChI=1S/C21H25N3O3.HI/c1-22-21(23-11-10-15-8-9-17(26-3)13-19(15)25)24(2)14-18-12-16-6-4-5-7-20(16)27-18;/h4-9,12-13,25H,10-11,14H2,1-3H3,(H,22,23);1H. The molecule has 6 nitrogen and oxygen atoms in total. The normalized spacial score (nSPS) is 11.2. The number of phenols is 1. The highest BCUT2D eigenvalue weighted by Crippen LogP contribution is 2.23. The van der Waals surface area contributed by atoms with E-state index in [-0.39, 0.29) is 29.7 Å². The number of nitrogens with zero attached hydrogens (tertiary/aromatic N) is 2. The molecule has 1 heterocycles. The molecule has 0 aliphatic heterocycles. The molecule has 0 aliphatic carbocycles. The third-order valence-corrected chi connectivity index (χ3v) is 4.41. The van der Waals surface area contributed by atoms with Crippen molar-refractivity contribution >= 4 is 40.9 Å². The number of methoxy groups -OCH3 is 1. The van der Waals surface area contributed by atoms with Crippen LogP contribution in [0.4, 0.5) is 0 Å². The number of guanidine groups is 1. The Morgan fingerprint density at radius 2 is 2.00 bits per heavy atom. The first kappa shape index (κ1) is 21.9. The lowest BCUT2D eigenvalue weighted by Crippen LogP contribution is -2.39. The summed E-state index contributed by atoms with van der Waals surface area (Å²) in [6.07, 6.45) is 0.674. The second kappa shape index (κ2) is 10.2. The van der Waals surface area contributed by atoms with E-state index in [0.29, 0.717) is 25.3 Å². The lowest BCUT2D eigenvalue weighted by Gasteiger charge is -2.21. The van der Waals surface area contributed by atoms with Gasteiger partial charge in [-0.1, -0.05) is 24.3 Å². The van der Waals surface area contributed by atoms with E-state index in [1.54, 1.807) is 20.2 Å². The number of aliphatic imine (C=N–C) groups is 1. The number of rotatable bonds is 6. The highest BCUT2D eigenvalue weighted by atomic mass is 127. The van der Waals surface area contributed by atoms with Gasteiger partial charge in [-0.2, -0.15) is 0 Å². The van der Waals surface area contributed by atoms with Gasteiger partial charge in [0.25, 0.3) is 0 Å². The summed E-state index contributed by atoms with van der Waals surface area (Å²) in [5, 5.41) is 14.5. The Hall–Kier alpha value is -2.42. The van der Waals surface area contributed by atoms with Gasteiger partial charge in [-0.05, 0) is 30.2 Å². The number of ether oxygens (including phenoxy) is 1. The molecule has 0 saturated heterocycles. The third-order valence-electron chi connectivity index (χ3n) is 4.41. The Bertz CT molecular complexity index is 907. The molecule has 1 aromatic heterocycles. The minimum absolute atomic E-state index is 0. The van der Waals surface area contributed by atoms with Crippen molar-refractivity contribution < 1.29 is 14.3 Å². The summed E-state index contributed by atoms with van der Waals surface area (Å²) in [4.78, 5) is 6.33. The smallest absolute Gasteiger partial charge is 0.193 e. The molecule has 2 N–H and O–H groups in total. The van der Waals surface area contributed by atoms with Crippen LogP contribution in [0.25, 0.3) is 11.0 Å². The first-order valence-corrected chi connectivity index (χ1v) is 8.86. The summed E-state index contributed by atoms with van der Waals surface area (Å²) in [7, 11) is 5.30. The summed E-state index contributed by atoms with van der Waals surface area (Å²) in [6, 6.07) is 15.4. The van der Waals surface area contributed by atoms with Gasteiger partial charge in [-0.3, -0.25) is 4.99 Å². The maximum Gasteiger partial charge on any atom is 0.193 e. The van der Waals surface area contributed by atoms with Crippen molar-refractivity contribution in [2.75, 3.05) is 27.7 Å². The number of benzene rings is 2. The summed E-state index contributed by atoms with van der Waals surface area (Å²) in [5.74, 6) is 2.53. The van der Waals surface area contributed by atoms with Gasteiger partial charge < -0.3 is 24.5 Å². The van der Waals surface area contributed by atoms with E-state index in [2.05, 4.69) is 16.4 Å². The maximum atomic E-state index is 10.1. The number of hydrogen-bond donors (Lipinski definition) is 2. The lowest BCUT2D eigenvalue weighted by molar-refractivity contribution is 0.406. The van der Waals surface area contributed by atoms with Crippen LogP contribution in [0.15, 0.2) is 57.9 Å². The molecule has 0 unspecified atom stereocenters. The second-order valence-electron chi connectivity index (χ2n) is 6.33. The van der Waals surface area contributed by atoms with Gasteiger partial charge in [-0.25, -0.2) is 0 Å². The number of aromatic hydroxyl groups is 1. The third kappa shape index (κ3) is 5.31. The van der Waals surface area contributed by atoms with E-state index >= 15 is 0 Å². The Morgan fingerprint density at radius 3 is 2.68 bits per heavy atom. The van der Waals surface area contributed by atoms with E-state index in [1.807, 2.05) is 48.3 Å². The number of halogens is 1. The zero-order valence-electron chi connectivity index (χ0n) is 16.3. The van der Waals surface area contributed by atoms with E-state index in [0.717, 1.165) is 28.3 Å². The topological polar surface area (TPSA) is 70.2 Å². The summed E-state index contributed by atoms with van der Waals surface area (Å²) < 4.78 is 11.0. The molecule has 0 spiro atoms. The van der Waals surface area contributed by atoms with E-state index in [4.69, 9.17) is 9.15 Å². The van der Waals surface area contributed by atoms with Gasteiger partial charge >= 0.3 is 0 Å². The molecule has 0 aliphatic rings.